The van der Waals surface area contributed by atoms with Crippen molar-refractivity contribution in [3.05, 3.63) is 61.2 Å². The topological polar surface area (TPSA) is 129 Å². The normalized spacial score (nSPS) is 9.97. The number of fused-ring (bicyclic) bond motifs is 1. The third kappa shape index (κ3) is 7.69. The molecule has 2 N–H and O–H groups in total. The van der Waals surface area contributed by atoms with Gasteiger partial charge in [-0.2, -0.15) is 0 Å². The molecule has 2 rings (SSSR count). The zero-order valence-electron chi connectivity index (χ0n) is 18.1. The third-order valence-electron chi connectivity index (χ3n) is 4.11. The van der Waals surface area contributed by atoms with Gasteiger partial charge in [-0.1, -0.05) is 37.4 Å². The predicted molar refractivity (Wildman–Crippen MR) is 119 cm³/mol. The molecule has 0 unspecified atom stereocenters. The molecule has 10 nitrogen and oxygen atoms in total. The highest BCUT2D eigenvalue weighted by Gasteiger charge is 2.17. The van der Waals surface area contributed by atoms with Gasteiger partial charge >= 0.3 is 24.1 Å². The van der Waals surface area contributed by atoms with E-state index in [4.69, 9.17) is 18.9 Å². The maximum atomic E-state index is 12.2. The van der Waals surface area contributed by atoms with E-state index in [0.29, 0.717) is 16.3 Å². The molecule has 0 saturated heterocycles. The van der Waals surface area contributed by atoms with Crippen LogP contribution in [-0.4, -0.2) is 50.4 Å². The van der Waals surface area contributed by atoms with Crippen molar-refractivity contribution in [3.63, 3.8) is 0 Å². The molecule has 0 aliphatic heterocycles. The van der Waals surface area contributed by atoms with Crippen LogP contribution in [0.4, 0.5) is 9.59 Å². The lowest BCUT2D eigenvalue weighted by atomic mass is 10.0. The molecular formula is C23H24N2O8. The Hall–Kier alpha value is -4.34. The maximum absolute atomic E-state index is 12.2. The van der Waals surface area contributed by atoms with E-state index in [1.807, 2.05) is 0 Å². The summed E-state index contributed by atoms with van der Waals surface area (Å²) in [6.07, 6.45) is 0.567. The Labute approximate surface area is 190 Å². The molecule has 0 heterocycles. The van der Waals surface area contributed by atoms with E-state index in [0.717, 1.165) is 12.2 Å². The molecular weight excluding hydrogens is 432 g/mol. The van der Waals surface area contributed by atoms with E-state index >= 15 is 0 Å². The smallest absolute Gasteiger partial charge is 0.412 e. The number of ether oxygens (including phenoxy) is 4. The second kappa shape index (κ2) is 12.5. The highest BCUT2D eigenvalue weighted by Crippen LogP contribution is 2.36. The van der Waals surface area contributed by atoms with Gasteiger partial charge in [0.25, 0.3) is 0 Å². The zero-order chi connectivity index (χ0) is 24.2. The van der Waals surface area contributed by atoms with Crippen LogP contribution in [0.3, 0.4) is 0 Å². The number of esters is 2. The van der Waals surface area contributed by atoms with E-state index in [2.05, 4.69) is 23.8 Å². The fraction of sp³-hybridized carbons (Fsp3) is 0.217. The molecule has 0 saturated carbocycles. The van der Waals surface area contributed by atoms with Crippen LogP contribution >= 0.6 is 0 Å². The van der Waals surface area contributed by atoms with Crippen LogP contribution < -0.4 is 20.1 Å². The highest BCUT2D eigenvalue weighted by atomic mass is 16.6. The average Bonchev–Trinajstić information content (AvgIpc) is 2.81. The van der Waals surface area contributed by atoms with E-state index < -0.39 is 24.1 Å². The number of benzene rings is 2. The first kappa shape index (κ1) is 24.9. The molecule has 2 aromatic carbocycles. The fourth-order valence-corrected chi connectivity index (χ4v) is 2.66. The number of carbonyl (C=O) groups is 4. The Morgan fingerprint density at radius 1 is 0.848 bits per heavy atom. The molecule has 0 aliphatic carbocycles. The summed E-state index contributed by atoms with van der Waals surface area (Å²) in [5.41, 5.74) is 0.546. The Balaban J connectivity index is 2.04. The second-order valence-electron chi connectivity index (χ2n) is 6.44. The van der Waals surface area contributed by atoms with Gasteiger partial charge in [-0.3, -0.25) is 0 Å². The predicted octanol–water partition coefficient (Wildman–Crippen LogP) is 2.78. The Kier molecular flexibility index (Phi) is 9.44. The summed E-state index contributed by atoms with van der Waals surface area (Å²) in [6, 6.07) is 8.49. The van der Waals surface area contributed by atoms with Gasteiger partial charge in [-0.05, 0) is 18.6 Å². The summed E-state index contributed by atoms with van der Waals surface area (Å²) in [5.74, 6) is -0.642. The van der Waals surface area contributed by atoms with Crippen molar-refractivity contribution in [2.45, 2.75) is 6.92 Å². The van der Waals surface area contributed by atoms with Gasteiger partial charge in [0.15, 0.2) is 0 Å². The van der Waals surface area contributed by atoms with Gasteiger partial charge < -0.3 is 29.6 Å². The van der Waals surface area contributed by atoms with Crippen LogP contribution in [-0.2, 0) is 19.1 Å². The van der Waals surface area contributed by atoms with Gasteiger partial charge in [0, 0.05) is 22.9 Å². The van der Waals surface area contributed by atoms with Gasteiger partial charge in [0.1, 0.15) is 24.7 Å². The standard InChI is InChI=1S/C23H24N2O8/c1-4-19(26)30-12-10-24-22(28)32-18-14-15(3)21(17-9-7-6-8-16(17)18)33-23(29)25-11-13-31-20(27)5-2/h4-9,14H,1-2,10-13H2,3H3,(H,24,28)(H,25,29). The number of amides is 2. The van der Waals surface area contributed by atoms with Gasteiger partial charge in [0.05, 0.1) is 13.1 Å². The van der Waals surface area contributed by atoms with E-state index in [-0.39, 0.29) is 37.8 Å². The molecule has 10 heteroatoms. The van der Waals surface area contributed by atoms with Gasteiger partial charge in [-0.25, -0.2) is 19.2 Å². The number of nitrogens with one attached hydrogen (secondary N) is 2. The SMILES string of the molecule is C=CC(=O)OCCNC(=O)Oc1cc(C)c(OC(=O)NCCOC(=O)C=C)c2ccccc12. The number of rotatable bonds is 10. The largest absolute Gasteiger partial charge is 0.461 e. The summed E-state index contributed by atoms with van der Waals surface area (Å²) >= 11 is 0. The Bertz CT molecular complexity index is 1060. The minimum atomic E-state index is -0.741. The van der Waals surface area contributed by atoms with E-state index in [1.165, 1.54) is 0 Å². The molecule has 0 aromatic heterocycles. The van der Waals surface area contributed by atoms with Crippen LogP contribution in [0, 0.1) is 6.92 Å². The first-order chi connectivity index (χ1) is 15.8. The van der Waals surface area contributed by atoms with Crippen LogP contribution in [0.2, 0.25) is 0 Å². The number of hydrogen-bond acceptors (Lipinski definition) is 8. The molecule has 33 heavy (non-hydrogen) atoms. The number of aryl methyl sites for hydroxylation is 1. The Morgan fingerprint density at radius 2 is 1.36 bits per heavy atom. The molecule has 0 spiro atoms. The molecule has 2 amide bonds. The lowest BCUT2D eigenvalue weighted by molar-refractivity contribution is -0.138. The maximum Gasteiger partial charge on any atom is 0.412 e. The van der Waals surface area contributed by atoms with Crippen molar-refractivity contribution in [3.8, 4) is 11.5 Å². The van der Waals surface area contributed by atoms with E-state index in [9.17, 15) is 19.2 Å². The highest BCUT2D eigenvalue weighted by molar-refractivity contribution is 5.97. The minimum absolute atomic E-state index is 0.0333. The summed E-state index contributed by atoms with van der Waals surface area (Å²) in [6.45, 7) is 8.29. The van der Waals surface area contributed by atoms with Crippen LogP contribution in [0.15, 0.2) is 55.6 Å². The van der Waals surface area contributed by atoms with Crippen molar-refractivity contribution in [1.82, 2.24) is 10.6 Å². The lowest BCUT2D eigenvalue weighted by Crippen LogP contribution is -2.31. The third-order valence-corrected chi connectivity index (χ3v) is 4.11. The number of carbonyl (C=O) groups excluding carboxylic acids is 4. The summed E-state index contributed by atoms with van der Waals surface area (Å²) in [4.78, 5) is 46.3. The summed E-state index contributed by atoms with van der Waals surface area (Å²) in [7, 11) is 0. The second-order valence-corrected chi connectivity index (χ2v) is 6.44. The Morgan fingerprint density at radius 3 is 1.91 bits per heavy atom. The van der Waals surface area contributed by atoms with Crippen LogP contribution in [0.1, 0.15) is 5.56 Å². The molecule has 0 bridgehead atoms. The molecule has 2 aromatic rings. The molecule has 174 valence electrons. The van der Waals surface area contributed by atoms with E-state index in [1.54, 1.807) is 37.3 Å². The van der Waals surface area contributed by atoms with Gasteiger partial charge in [-0.15, -0.1) is 0 Å². The first-order valence-electron chi connectivity index (χ1n) is 9.87. The molecule has 0 atom stereocenters. The van der Waals surface area contributed by atoms with Crippen molar-refractivity contribution in [1.29, 1.82) is 0 Å². The quantitative estimate of drug-likeness (QED) is 0.317. The number of hydrogen-bond donors (Lipinski definition) is 2. The molecule has 0 fully saturated rings. The summed E-state index contributed by atoms with van der Waals surface area (Å²) in [5, 5.41) is 6.04. The first-order valence-corrected chi connectivity index (χ1v) is 9.87. The van der Waals surface area contributed by atoms with Gasteiger partial charge in [0.2, 0.25) is 0 Å². The van der Waals surface area contributed by atoms with Crippen LogP contribution in [0.5, 0.6) is 11.5 Å². The minimum Gasteiger partial charge on any atom is -0.461 e. The molecule has 0 aliphatic rings. The zero-order valence-corrected chi connectivity index (χ0v) is 18.1. The summed E-state index contributed by atoms with van der Waals surface area (Å²) < 4.78 is 20.4. The fourth-order valence-electron chi connectivity index (χ4n) is 2.66. The van der Waals surface area contributed by atoms with Crippen molar-refractivity contribution >= 4 is 34.9 Å². The average molecular weight is 456 g/mol. The van der Waals surface area contributed by atoms with Crippen molar-refractivity contribution in [2.24, 2.45) is 0 Å². The molecule has 0 radical (unpaired) electrons. The monoisotopic (exact) mass is 456 g/mol. The van der Waals surface area contributed by atoms with Crippen molar-refractivity contribution < 1.29 is 38.1 Å². The van der Waals surface area contributed by atoms with Crippen molar-refractivity contribution in [2.75, 3.05) is 26.3 Å². The lowest BCUT2D eigenvalue weighted by Gasteiger charge is -2.15. The van der Waals surface area contributed by atoms with Crippen LogP contribution in [0.25, 0.3) is 10.8 Å².